The van der Waals surface area contributed by atoms with Gasteiger partial charge in [-0.2, -0.15) is 0 Å². The summed E-state index contributed by atoms with van der Waals surface area (Å²) in [5.74, 6) is 0.144. The van der Waals surface area contributed by atoms with Crippen LogP contribution < -0.4 is 14.8 Å². The number of esters is 1. The highest BCUT2D eigenvalue weighted by atomic mass is 35.5. The number of carbonyl (C=O) groups is 2. The Morgan fingerprint density at radius 1 is 1.19 bits per heavy atom. The summed E-state index contributed by atoms with van der Waals surface area (Å²) in [5.41, 5.74) is 0.939. The molecule has 0 radical (unpaired) electrons. The van der Waals surface area contributed by atoms with Gasteiger partial charge in [0.1, 0.15) is 0 Å². The Kier molecular flexibility index (Phi) is 5.54. The number of ether oxygens (including phenoxy) is 3. The lowest BCUT2D eigenvalue weighted by Gasteiger charge is -2.14. The molecule has 0 spiro atoms. The van der Waals surface area contributed by atoms with Crippen molar-refractivity contribution in [2.24, 2.45) is 0 Å². The van der Waals surface area contributed by atoms with Crippen molar-refractivity contribution in [1.82, 2.24) is 5.32 Å². The Bertz CT molecular complexity index is 855. The van der Waals surface area contributed by atoms with E-state index in [9.17, 15) is 9.59 Å². The molecule has 2 aromatic rings. The topological polar surface area (TPSA) is 73.9 Å². The highest BCUT2D eigenvalue weighted by Crippen LogP contribution is 2.32. The quantitative estimate of drug-likeness (QED) is 0.783. The second-order valence-corrected chi connectivity index (χ2v) is 6.34. The van der Waals surface area contributed by atoms with Crippen LogP contribution in [0.2, 0.25) is 10.0 Å². The number of nitrogens with one attached hydrogen (secondary N) is 1. The van der Waals surface area contributed by atoms with E-state index in [1.165, 1.54) is 13.0 Å². The van der Waals surface area contributed by atoms with Gasteiger partial charge in [-0.05, 0) is 36.8 Å². The van der Waals surface area contributed by atoms with E-state index in [-0.39, 0.29) is 28.9 Å². The Labute approximate surface area is 159 Å². The van der Waals surface area contributed by atoms with E-state index in [1.807, 2.05) is 6.07 Å². The highest BCUT2D eigenvalue weighted by Gasteiger charge is 2.21. The number of fused-ring (bicyclic) bond motifs is 1. The standard InChI is InChI=1S/C18H15Cl2NO5/c1-10(26-18(23)12-3-2-4-13(19)16(12)20)17(22)21-8-11-5-6-14-15(7-11)25-9-24-14/h2-7,10H,8-9H2,1H3,(H,21,22)/t10-/m0/s1. The van der Waals surface area contributed by atoms with Gasteiger partial charge in [-0.1, -0.05) is 35.3 Å². The summed E-state index contributed by atoms with van der Waals surface area (Å²) in [6.45, 7) is 1.92. The number of hydrogen-bond acceptors (Lipinski definition) is 5. The van der Waals surface area contributed by atoms with E-state index >= 15 is 0 Å². The lowest BCUT2D eigenvalue weighted by atomic mass is 10.2. The fraction of sp³-hybridized carbons (Fsp3) is 0.222. The van der Waals surface area contributed by atoms with Crippen LogP contribution in [0.5, 0.6) is 11.5 Å². The molecule has 1 aliphatic rings. The minimum Gasteiger partial charge on any atom is -0.454 e. The summed E-state index contributed by atoms with van der Waals surface area (Å²) in [4.78, 5) is 24.3. The first-order valence-electron chi connectivity index (χ1n) is 7.77. The third kappa shape index (κ3) is 4.03. The molecule has 1 atom stereocenters. The molecule has 0 bridgehead atoms. The van der Waals surface area contributed by atoms with Crippen molar-refractivity contribution >= 4 is 35.1 Å². The summed E-state index contributed by atoms with van der Waals surface area (Å²) in [7, 11) is 0. The van der Waals surface area contributed by atoms with E-state index in [0.717, 1.165) is 5.56 Å². The average Bonchev–Trinajstić information content (AvgIpc) is 3.09. The molecule has 8 heteroatoms. The molecule has 0 fully saturated rings. The molecule has 136 valence electrons. The predicted octanol–water partition coefficient (Wildman–Crippen LogP) is 3.58. The Hall–Kier alpha value is -2.44. The first-order chi connectivity index (χ1) is 12.5. The van der Waals surface area contributed by atoms with Crippen molar-refractivity contribution in [3.63, 3.8) is 0 Å². The molecule has 0 saturated carbocycles. The van der Waals surface area contributed by atoms with E-state index < -0.39 is 18.0 Å². The molecule has 0 aromatic heterocycles. The van der Waals surface area contributed by atoms with Gasteiger partial charge in [0.2, 0.25) is 6.79 Å². The van der Waals surface area contributed by atoms with E-state index in [0.29, 0.717) is 11.5 Å². The SMILES string of the molecule is C[C@H](OC(=O)c1cccc(Cl)c1Cl)C(=O)NCc1ccc2c(c1)OCO2. The van der Waals surface area contributed by atoms with Gasteiger partial charge in [-0.25, -0.2) is 4.79 Å². The second-order valence-electron chi connectivity index (χ2n) is 5.55. The van der Waals surface area contributed by atoms with Gasteiger partial charge in [0.25, 0.3) is 5.91 Å². The molecular formula is C18H15Cl2NO5. The molecule has 3 rings (SSSR count). The van der Waals surface area contributed by atoms with Gasteiger partial charge in [0, 0.05) is 6.54 Å². The number of amides is 1. The van der Waals surface area contributed by atoms with Crippen molar-refractivity contribution in [3.05, 3.63) is 57.6 Å². The van der Waals surface area contributed by atoms with Crippen LogP contribution in [0.15, 0.2) is 36.4 Å². The van der Waals surface area contributed by atoms with Crippen molar-refractivity contribution in [1.29, 1.82) is 0 Å². The molecule has 0 aliphatic carbocycles. The maximum atomic E-state index is 12.2. The molecule has 1 heterocycles. The summed E-state index contributed by atoms with van der Waals surface area (Å²) in [5, 5.41) is 3.03. The second kappa shape index (κ2) is 7.85. The van der Waals surface area contributed by atoms with Crippen LogP contribution in [0.1, 0.15) is 22.8 Å². The summed E-state index contributed by atoms with van der Waals surface area (Å²) in [6, 6.07) is 9.99. The molecule has 1 aliphatic heterocycles. The van der Waals surface area contributed by atoms with Crippen molar-refractivity contribution in [3.8, 4) is 11.5 Å². The van der Waals surface area contributed by atoms with Gasteiger partial charge >= 0.3 is 5.97 Å². The molecule has 1 amide bonds. The number of rotatable bonds is 5. The van der Waals surface area contributed by atoms with Gasteiger partial charge < -0.3 is 19.5 Å². The highest BCUT2D eigenvalue weighted by molar-refractivity contribution is 6.43. The molecule has 1 N–H and O–H groups in total. The van der Waals surface area contributed by atoms with Gasteiger partial charge in [0.05, 0.1) is 15.6 Å². The lowest BCUT2D eigenvalue weighted by molar-refractivity contribution is -0.129. The average molecular weight is 396 g/mol. The third-order valence-corrected chi connectivity index (χ3v) is 4.55. The van der Waals surface area contributed by atoms with Gasteiger partial charge in [-0.3, -0.25) is 4.79 Å². The maximum absolute atomic E-state index is 12.2. The Balaban J connectivity index is 1.56. The van der Waals surface area contributed by atoms with Crippen LogP contribution in [-0.2, 0) is 16.1 Å². The zero-order valence-corrected chi connectivity index (χ0v) is 15.3. The number of halogens is 2. The molecule has 26 heavy (non-hydrogen) atoms. The minimum absolute atomic E-state index is 0.0899. The van der Waals surface area contributed by atoms with Crippen LogP contribution in [0.3, 0.4) is 0 Å². The zero-order chi connectivity index (χ0) is 18.7. The van der Waals surface area contributed by atoms with Gasteiger partial charge in [0.15, 0.2) is 17.6 Å². The lowest BCUT2D eigenvalue weighted by Crippen LogP contribution is -2.35. The molecule has 0 saturated heterocycles. The van der Waals surface area contributed by atoms with E-state index in [4.69, 9.17) is 37.4 Å². The van der Waals surface area contributed by atoms with Gasteiger partial charge in [-0.15, -0.1) is 0 Å². The Morgan fingerprint density at radius 2 is 1.96 bits per heavy atom. The smallest absolute Gasteiger partial charge is 0.340 e. The van der Waals surface area contributed by atoms with Crippen LogP contribution >= 0.6 is 23.2 Å². The summed E-state index contributed by atoms with van der Waals surface area (Å²) < 4.78 is 15.7. The molecule has 2 aromatic carbocycles. The normalized spacial score (nSPS) is 13.2. The zero-order valence-electron chi connectivity index (χ0n) is 13.8. The maximum Gasteiger partial charge on any atom is 0.340 e. The van der Waals surface area contributed by atoms with Crippen molar-refractivity contribution in [2.75, 3.05) is 6.79 Å². The predicted molar refractivity (Wildman–Crippen MR) is 95.8 cm³/mol. The summed E-state index contributed by atoms with van der Waals surface area (Å²) >= 11 is 11.9. The van der Waals surface area contributed by atoms with Crippen LogP contribution in [0, 0.1) is 0 Å². The third-order valence-electron chi connectivity index (χ3n) is 3.73. The molecule has 6 nitrogen and oxygen atoms in total. The largest absolute Gasteiger partial charge is 0.454 e. The first kappa shape index (κ1) is 18.4. The fourth-order valence-electron chi connectivity index (χ4n) is 2.32. The summed E-state index contributed by atoms with van der Waals surface area (Å²) in [6.07, 6.45) is -0.994. The van der Waals surface area contributed by atoms with E-state index in [1.54, 1.807) is 24.3 Å². The van der Waals surface area contributed by atoms with Crippen molar-refractivity contribution < 1.29 is 23.8 Å². The van der Waals surface area contributed by atoms with Crippen LogP contribution in [-0.4, -0.2) is 24.8 Å². The molecule has 0 unspecified atom stereocenters. The molecular weight excluding hydrogens is 381 g/mol. The van der Waals surface area contributed by atoms with Crippen molar-refractivity contribution in [2.45, 2.75) is 19.6 Å². The van der Waals surface area contributed by atoms with Crippen LogP contribution in [0.25, 0.3) is 0 Å². The van der Waals surface area contributed by atoms with E-state index in [2.05, 4.69) is 5.32 Å². The van der Waals surface area contributed by atoms with Crippen LogP contribution in [0.4, 0.5) is 0 Å². The first-order valence-corrected chi connectivity index (χ1v) is 8.52. The Morgan fingerprint density at radius 3 is 2.77 bits per heavy atom. The fourth-order valence-corrected chi connectivity index (χ4v) is 2.70. The monoisotopic (exact) mass is 395 g/mol. The number of carbonyl (C=O) groups excluding carboxylic acids is 2. The number of hydrogen-bond donors (Lipinski definition) is 1. The number of benzene rings is 2. The minimum atomic E-state index is -0.994.